The van der Waals surface area contributed by atoms with Crippen molar-refractivity contribution in [2.24, 2.45) is 0 Å². The van der Waals surface area contributed by atoms with Crippen molar-refractivity contribution in [3.63, 3.8) is 0 Å². The molecule has 0 nitrogen and oxygen atoms in total. The largest absolute Gasteiger partial charge is 0.0622 e. The van der Waals surface area contributed by atoms with Crippen LogP contribution in [0.2, 0.25) is 0 Å². The lowest BCUT2D eigenvalue weighted by Gasteiger charge is -2.29. The molecule has 0 saturated heterocycles. The van der Waals surface area contributed by atoms with E-state index < -0.39 is 0 Å². The van der Waals surface area contributed by atoms with Crippen molar-refractivity contribution < 1.29 is 0 Å². The third-order valence-corrected chi connectivity index (χ3v) is 11.6. The minimum Gasteiger partial charge on any atom is -0.0622 e. The highest BCUT2D eigenvalue weighted by Crippen LogP contribution is 2.59. The minimum absolute atomic E-state index is 0.308. The number of hydrogen-bond acceptors (Lipinski definition) is 0. The average molecular weight is 633 g/mol. The average Bonchev–Trinajstić information content (AvgIpc) is 3.64. The van der Waals surface area contributed by atoms with Gasteiger partial charge in [-0.05, 0) is 130 Å². The maximum Gasteiger partial charge on any atom is 0.0435 e. The molecule has 2 aliphatic carbocycles. The Balaban J connectivity index is 1.27. The summed E-state index contributed by atoms with van der Waals surface area (Å²) in [6, 6.07) is 65.8. The Labute approximate surface area is 291 Å². The Morgan fingerprint density at radius 3 is 1.56 bits per heavy atom. The van der Waals surface area contributed by atoms with Crippen molar-refractivity contribution in [3.8, 4) is 55.6 Å². The van der Waals surface area contributed by atoms with Gasteiger partial charge in [0.2, 0.25) is 0 Å². The van der Waals surface area contributed by atoms with Crippen LogP contribution in [-0.4, -0.2) is 0 Å². The lowest BCUT2D eigenvalue weighted by atomic mass is 9.73. The molecule has 0 radical (unpaired) electrons. The van der Waals surface area contributed by atoms with Crippen LogP contribution in [0, 0.1) is 0 Å². The van der Waals surface area contributed by atoms with Crippen molar-refractivity contribution >= 4 is 32.3 Å². The molecular formula is C50H32. The summed E-state index contributed by atoms with van der Waals surface area (Å²) in [5, 5.41) is 7.79. The van der Waals surface area contributed by atoms with Gasteiger partial charge in [-0.25, -0.2) is 0 Å². The Morgan fingerprint density at radius 2 is 0.880 bits per heavy atom. The second kappa shape index (κ2) is 10.1. The summed E-state index contributed by atoms with van der Waals surface area (Å²) in [6.07, 6.45) is 0. The van der Waals surface area contributed by atoms with Gasteiger partial charge in [-0.3, -0.25) is 0 Å². The topological polar surface area (TPSA) is 0 Å². The number of fused-ring (bicyclic) bond motifs is 8. The number of hydrogen-bond donors (Lipinski definition) is 0. The molecule has 0 amide bonds. The van der Waals surface area contributed by atoms with Crippen LogP contribution in [0.4, 0.5) is 0 Å². The summed E-state index contributed by atoms with van der Waals surface area (Å²) in [4.78, 5) is 0. The number of benzene rings is 9. The molecule has 0 aliphatic heterocycles. The molecule has 0 aromatic heterocycles. The van der Waals surface area contributed by atoms with Gasteiger partial charge in [0.05, 0.1) is 0 Å². The molecule has 1 unspecified atom stereocenters. The zero-order valence-corrected chi connectivity index (χ0v) is 27.7. The first kappa shape index (κ1) is 27.7. The van der Waals surface area contributed by atoms with Gasteiger partial charge in [0, 0.05) is 5.41 Å². The highest BCUT2D eigenvalue weighted by atomic mass is 14.4. The van der Waals surface area contributed by atoms with Crippen LogP contribution < -0.4 is 0 Å². The first-order valence-corrected chi connectivity index (χ1v) is 17.6. The van der Waals surface area contributed by atoms with Gasteiger partial charge in [0.1, 0.15) is 0 Å². The first-order valence-electron chi connectivity index (χ1n) is 17.6. The second-order valence-electron chi connectivity index (χ2n) is 14.1. The van der Waals surface area contributed by atoms with Crippen LogP contribution in [0.15, 0.2) is 176 Å². The van der Waals surface area contributed by atoms with Crippen LogP contribution in [-0.2, 0) is 5.41 Å². The molecule has 9 aromatic carbocycles. The fourth-order valence-corrected chi connectivity index (χ4v) is 9.39. The maximum absolute atomic E-state index is 2.53. The third kappa shape index (κ3) is 3.60. The molecule has 9 aromatic rings. The lowest BCUT2D eigenvalue weighted by molar-refractivity contribution is 0.715. The molecule has 0 heteroatoms. The van der Waals surface area contributed by atoms with Gasteiger partial charge in [-0.15, -0.1) is 0 Å². The molecule has 50 heavy (non-hydrogen) atoms. The number of rotatable bonds is 3. The summed E-state index contributed by atoms with van der Waals surface area (Å²) in [7, 11) is 0. The van der Waals surface area contributed by atoms with Crippen LogP contribution in [0.5, 0.6) is 0 Å². The molecule has 0 spiro atoms. The summed E-state index contributed by atoms with van der Waals surface area (Å²) in [5.74, 6) is 0. The van der Waals surface area contributed by atoms with E-state index in [1.165, 1.54) is 105 Å². The predicted octanol–water partition coefficient (Wildman–Crippen LogP) is 13.5. The van der Waals surface area contributed by atoms with E-state index >= 15 is 0 Å². The summed E-state index contributed by atoms with van der Waals surface area (Å²) >= 11 is 0. The molecule has 232 valence electrons. The summed E-state index contributed by atoms with van der Waals surface area (Å²) < 4.78 is 0. The van der Waals surface area contributed by atoms with E-state index in [0.717, 1.165) is 0 Å². The minimum atomic E-state index is -0.308. The molecule has 0 bridgehead atoms. The van der Waals surface area contributed by atoms with Crippen LogP contribution in [0.1, 0.15) is 23.6 Å². The Hall–Kier alpha value is -6.24. The molecule has 0 saturated carbocycles. The van der Waals surface area contributed by atoms with Gasteiger partial charge in [-0.1, -0.05) is 158 Å². The zero-order valence-electron chi connectivity index (χ0n) is 27.7. The van der Waals surface area contributed by atoms with Crippen molar-refractivity contribution in [2.75, 3.05) is 0 Å². The molecule has 0 N–H and O–H groups in total. The van der Waals surface area contributed by atoms with E-state index in [-0.39, 0.29) is 5.41 Å². The molecular weight excluding hydrogens is 601 g/mol. The summed E-state index contributed by atoms with van der Waals surface area (Å²) in [5.41, 5.74) is 16.9. The van der Waals surface area contributed by atoms with Gasteiger partial charge in [0.15, 0.2) is 0 Å². The van der Waals surface area contributed by atoms with Crippen LogP contribution >= 0.6 is 0 Å². The lowest BCUT2D eigenvalue weighted by Crippen LogP contribution is -2.22. The monoisotopic (exact) mass is 632 g/mol. The first-order chi connectivity index (χ1) is 24.7. The van der Waals surface area contributed by atoms with Gasteiger partial charge < -0.3 is 0 Å². The highest BCUT2D eigenvalue weighted by Gasteiger charge is 2.41. The standard InChI is InChI=1S/C50H32/c1-50(36-20-6-3-7-21-36)43-30-35(26-27-37(43)42-28-33-16-8-9-17-34(33)29-44(42)50)47-39-23-11-10-22-38(39)46(32-14-4-2-5-15-32)48-40-24-12-18-31-19-13-25-41(45(31)40)49(47)48/h2-30H,1H3. The van der Waals surface area contributed by atoms with Gasteiger partial charge in [-0.2, -0.15) is 0 Å². The summed E-state index contributed by atoms with van der Waals surface area (Å²) in [6.45, 7) is 2.43. The fourth-order valence-electron chi connectivity index (χ4n) is 9.39. The molecule has 11 rings (SSSR count). The van der Waals surface area contributed by atoms with E-state index in [0.29, 0.717) is 0 Å². The van der Waals surface area contributed by atoms with E-state index in [2.05, 4.69) is 183 Å². The fraction of sp³-hybridized carbons (Fsp3) is 0.0400. The molecule has 2 aliphatic rings. The van der Waals surface area contributed by atoms with Gasteiger partial charge >= 0.3 is 0 Å². The normalized spacial score (nSPS) is 15.4. The maximum atomic E-state index is 2.53. The molecule has 1 atom stereocenters. The van der Waals surface area contributed by atoms with Crippen molar-refractivity contribution in [1.82, 2.24) is 0 Å². The van der Waals surface area contributed by atoms with E-state index in [1.54, 1.807) is 0 Å². The molecule has 0 heterocycles. The second-order valence-corrected chi connectivity index (χ2v) is 14.1. The van der Waals surface area contributed by atoms with Crippen molar-refractivity contribution in [2.45, 2.75) is 12.3 Å². The SMILES string of the molecule is CC1(c2ccccc2)c2cc(-c3c4c(c(-c5ccccc5)c5ccccc35)-c3cccc5cccc-4c35)ccc2-c2cc3ccccc3cc21. The predicted molar refractivity (Wildman–Crippen MR) is 212 cm³/mol. The van der Waals surface area contributed by atoms with Gasteiger partial charge in [0.25, 0.3) is 0 Å². The Bertz CT molecular complexity index is 2850. The highest BCUT2D eigenvalue weighted by molar-refractivity contribution is 6.27. The Morgan fingerprint density at radius 1 is 0.340 bits per heavy atom. The van der Waals surface area contributed by atoms with Crippen LogP contribution in [0.25, 0.3) is 88.0 Å². The van der Waals surface area contributed by atoms with Crippen molar-refractivity contribution in [1.29, 1.82) is 0 Å². The zero-order chi connectivity index (χ0) is 33.0. The smallest absolute Gasteiger partial charge is 0.0435 e. The third-order valence-electron chi connectivity index (χ3n) is 11.6. The van der Waals surface area contributed by atoms with E-state index in [9.17, 15) is 0 Å². The Kier molecular flexibility index (Phi) is 5.61. The quantitative estimate of drug-likeness (QED) is 0.182. The van der Waals surface area contributed by atoms with Crippen molar-refractivity contribution in [3.05, 3.63) is 193 Å². The van der Waals surface area contributed by atoms with E-state index in [4.69, 9.17) is 0 Å². The molecule has 0 fully saturated rings. The van der Waals surface area contributed by atoms with E-state index in [1.807, 2.05) is 0 Å². The van der Waals surface area contributed by atoms with Crippen LogP contribution in [0.3, 0.4) is 0 Å².